The molecular weight excluding hydrogens is 496 g/mol. The van der Waals surface area contributed by atoms with Crippen LogP contribution in [0.2, 0.25) is 0 Å². The van der Waals surface area contributed by atoms with Crippen LogP contribution in [0.5, 0.6) is 17.2 Å². The van der Waals surface area contributed by atoms with Crippen molar-refractivity contribution in [2.75, 3.05) is 11.9 Å². The average Bonchev–Trinajstić information content (AvgIpc) is 2.90. The van der Waals surface area contributed by atoms with Gasteiger partial charge in [-0.2, -0.15) is 8.78 Å². The summed E-state index contributed by atoms with van der Waals surface area (Å²) in [5.74, 6) is -4.75. The molecule has 0 fully saturated rings. The second-order valence-corrected chi connectivity index (χ2v) is 8.10. The Kier molecular flexibility index (Phi) is 7.91. The van der Waals surface area contributed by atoms with Crippen molar-refractivity contribution in [3.8, 4) is 28.5 Å². The molecule has 1 heterocycles. The molecule has 0 aliphatic carbocycles. The molecule has 0 atom stereocenters. The highest BCUT2D eigenvalue weighted by Crippen LogP contribution is 2.33. The number of hydrogen-bond donors (Lipinski definition) is 2. The number of hydrogen-bond acceptors (Lipinski definition) is 6. The maximum absolute atomic E-state index is 13.6. The minimum absolute atomic E-state index is 0.132. The van der Waals surface area contributed by atoms with Crippen LogP contribution in [0.25, 0.3) is 11.3 Å². The van der Waals surface area contributed by atoms with Crippen molar-refractivity contribution in [2.24, 2.45) is 0 Å². The third kappa shape index (κ3) is 6.28. The molecule has 4 aromatic rings. The zero-order valence-corrected chi connectivity index (χ0v) is 20.2. The molecular formula is C28H23F2N3O5. The fourth-order valence-corrected chi connectivity index (χ4v) is 3.55. The van der Waals surface area contributed by atoms with Crippen LogP contribution < -0.4 is 14.8 Å². The highest BCUT2D eigenvalue weighted by molar-refractivity contribution is 5.91. The van der Waals surface area contributed by atoms with E-state index in [1.54, 1.807) is 30.5 Å². The van der Waals surface area contributed by atoms with Gasteiger partial charge < -0.3 is 19.9 Å². The molecule has 1 aromatic heterocycles. The molecule has 0 bridgehead atoms. The van der Waals surface area contributed by atoms with Gasteiger partial charge in [0.05, 0.1) is 31.1 Å². The Bertz CT molecular complexity index is 1440. The Morgan fingerprint density at radius 1 is 0.974 bits per heavy atom. The van der Waals surface area contributed by atoms with Crippen LogP contribution in [0.4, 0.5) is 14.6 Å². The van der Waals surface area contributed by atoms with E-state index in [0.717, 1.165) is 12.1 Å². The number of amides is 1. The third-order valence-electron chi connectivity index (χ3n) is 5.36. The first-order valence-corrected chi connectivity index (χ1v) is 11.6. The number of carbonyl (C=O) groups is 2. The lowest BCUT2D eigenvalue weighted by Gasteiger charge is -2.12. The molecule has 0 spiro atoms. The van der Waals surface area contributed by atoms with Gasteiger partial charge >= 0.3 is 11.9 Å². The molecule has 0 radical (unpaired) electrons. The van der Waals surface area contributed by atoms with Gasteiger partial charge in [-0.25, -0.2) is 9.78 Å². The molecule has 8 nitrogen and oxygen atoms in total. The van der Waals surface area contributed by atoms with Crippen LogP contribution in [-0.4, -0.2) is 33.6 Å². The number of carbonyl (C=O) groups excluding carboxylic acids is 1. The molecule has 0 aliphatic heterocycles. The van der Waals surface area contributed by atoms with Gasteiger partial charge in [-0.3, -0.25) is 9.78 Å². The van der Waals surface area contributed by atoms with Gasteiger partial charge in [0.15, 0.2) is 17.3 Å². The largest absolute Gasteiger partial charge is 0.490 e. The predicted molar refractivity (Wildman–Crippen MR) is 135 cm³/mol. The summed E-state index contributed by atoms with van der Waals surface area (Å²) in [5, 5.41) is 11.3. The molecule has 10 heteroatoms. The van der Waals surface area contributed by atoms with Crippen LogP contribution in [0.1, 0.15) is 18.1 Å². The van der Waals surface area contributed by atoms with Crippen LogP contribution in [0.3, 0.4) is 0 Å². The van der Waals surface area contributed by atoms with Crippen molar-refractivity contribution < 1.29 is 33.0 Å². The molecule has 1 amide bonds. The molecule has 0 aliphatic rings. The highest BCUT2D eigenvalue weighted by atomic mass is 19.3. The maximum Gasteiger partial charge on any atom is 0.379 e. The van der Waals surface area contributed by atoms with Crippen molar-refractivity contribution in [3.05, 3.63) is 96.3 Å². The number of para-hydroxylation sites is 2. The van der Waals surface area contributed by atoms with E-state index in [-0.39, 0.29) is 12.2 Å². The lowest BCUT2D eigenvalue weighted by Crippen LogP contribution is -2.25. The van der Waals surface area contributed by atoms with E-state index < -0.39 is 23.4 Å². The molecule has 0 unspecified atom stereocenters. The number of anilines is 1. The Morgan fingerprint density at radius 3 is 2.42 bits per heavy atom. The van der Waals surface area contributed by atoms with Crippen molar-refractivity contribution >= 4 is 17.7 Å². The SMILES string of the molecule is CCOc1ccccc1Oc1cccc(-c2cncc(NC(=O)Cc3ccc(C(F)(F)C(=O)O)cc3)n2)c1. The van der Waals surface area contributed by atoms with Gasteiger partial charge in [0.2, 0.25) is 5.91 Å². The summed E-state index contributed by atoms with van der Waals surface area (Å²) < 4.78 is 38.8. The van der Waals surface area contributed by atoms with E-state index in [1.807, 2.05) is 31.2 Å². The number of carboxylic acid groups (broad SMARTS) is 1. The lowest BCUT2D eigenvalue weighted by molar-refractivity contribution is -0.166. The van der Waals surface area contributed by atoms with Gasteiger partial charge in [0.25, 0.3) is 0 Å². The first-order chi connectivity index (χ1) is 18.3. The predicted octanol–water partition coefficient (Wildman–Crippen LogP) is 5.69. The van der Waals surface area contributed by atoms with Crippen LogP contribution >= 0.6 is 0 Å². The average molecular weight is 520 g/mol. The first-order valence-electron chi connectivity index (χ1n) is 11.6. The second-order valence-electron chi connectivity index (χ2n) is 8.10. The number of benzene rings is 3. The summed E-state index contributed by atoms with van der Waals surface area (Å²) in [4.78, 5) is 31.8. The second kappa shape index (κ2) is 11.5. The number of carboxylic acids is 1. The van der Waals surface area contributed by atoms with Crippen LogP contribution in [0.15, 0.2) is 85.2 Å². The van der Waals surface area contributed by atoms with E-state index in [1.165, 1.54) is 18.3 Å². The van der Waals surface area contributed by atoms with Crippen molar-refractivity contribution in [3.63, 3.8) is 0 Å². The van der Waals surface area contributed by atoms with Crippen molar-refractivity contribution in [1.29, 1.82) is 0 Å². The number of ether oxygens (including phenoxy) is 2. The molecule has 3 aromatic carbocycles. The van der Waals surface area contributed by atoms with Gasteiger partial charge in [-0.05, 0) is 36.8 Å². The smallest absolute Gasteiger partial charge is 0.379 e. The number of nitrogens with zero attached hydrogens (tertiary/aromatic N) is 2. The number of nitrogens with one attached hydrogen (secondary N) is 1. The minimum Gasteiger partial charge on any atom is -0.490 e. The molecule has 194 valence electrons. The monoisotopic (exact) mass is 519 g/mol. The van der Waals surface area contributed by atoms with E-state index in [9.17, 15) is 18.4 Å². The van der Waals surface area contributed by atoms with Gasteiger partial charge in [0, 0.05) is 11.1 Å². The number of alkyl halides is 2. The Labute approximate surface area is 216 Å². The normalized spacial score (nSPS) is 11.0. The summed E-state index contributed by atoms with van der Waals surface area (Å²) >= 11 is 0. The Morgan fingerprint density at radius 2 is 1.71 bits per heavy atom. The summed E-state index contributed by atoms with van der Waals surface area (Å²) in [6, 6.07) is 19.1. The number of rotatable bonds is 10. The lowest BCUT2D eigenvalue weighted by atomic mass is 10.0. The first kappa shape index (κ1) is 26.2. The summed E-state index contributed by atoms with van der Waals surface area (Å²) in [6.07, 6.45) is 2.80. The highest BCUT2D eigenvalue weighted by Gasteiger charge is 2.40. The van der Waals surface area contributed by atoms with Gasteiger partial charge in [0.1, 0.15) is 5.75 Å². The van der Waals surface area contributed by atoms with E-state index in [4.69, 9.17) is 14.6 Å². The summed E-state index contributed by atoms with van der Waals surface area (Å²) in [6.45, 7) is 2.39. The van der Waals surface area contributed by atoms with E-state index in [2.05, 4.69) is 15.3 Å². The minimum atomic E-state index is -4.01. The van der Waals surface area contributed by atoms with Crippen LogP contribution in [-0.2, 0) is 21.9 Å². The van der Waals surface area contributed by atoms with Gasteiger partial charge in [-0.15, -0.1) is 0 Å². The fourth-order valence-electron chi connectivity index (χ4n) is 3.55. The standard InChI is InChI=1S/C28H23F2N3O5/c1-2-37-23-8-3-4-9-24(23)38-21-7-5-6-19(15-21)22-16-31-17-25(32-22)33-26(34)14-18-10-12-20(13-11-18)28(29,30)27(35)36/h3-13,15-17H,2,14H2,1H3,(H,35,36)(H,32,33,34). The molecule has 0 saturated carbocycles. The quantitative estimate of drug-likeness (QED) is 0.277. The molecule has 2 N–H and O–H groups in total. The van der Waals surface area contributed by atoms with Gasteiger partial charge in [-0.1, -0.05) is 48.5 Å². The fraction of sp³-hybridized carbons (Fsp3) is 0.143. The van der Waals surface area contributed by atoms with Crippen molar-refractivity contribution in [2.45, 2.75) is 19.3 Å². The van der Waals surface area contributed by atoms with E-state index >= 15 is 0 Å². The Balaban J connectivity index is 1.44. The molecule has 4 rings (SSSR count). The maximum atomic E-state index is 13.6. The topological polar surface area (TPSA) is 111 Å². The summed E-state index contributed by atoms with van der Waals surface area (Å²) in [5.41, 5.74) is 0.954. The summed E-state index contributed by atoms with van der Waals surface area (Å²) in [7, 11) is 0. The number of aliphatic carboxylic acids is 1. The Hall–Kier alpha value is -4.86. The zero-order chi connectivity index (χ0) is 27.1. The van der Waals surface area contributed by atoms with Crippen molar-refractivity contribution in [1.82, 2.24) is 9.97 Å². The molecule has 38 heavy (non-hydrogen) atoms. The van der Waals surface area contributed by atoms with Crippen LogP contribution in [0, 0.1) is 0 Å². The molecule has 0 saturated heterocycles. The third-order valence-corrected chi connectivity index (χ3v) is 5.36. The number of aromatic nitrogens is 2. The van der Waals surface area contributed by atoms with E-state index in [0.29, 0.717) is 40.7 Å². The number of halogens is 2. The zero-order valence-electron chi connectivity index (χ0n) is 20.2.